The molecule has 0 amide bonds. The lowest BCUT2D eigenvalue weighted by molar-refractivity contribution is 0.711. The van der Waals surface area contributed by atoms with Crippen molar-refractivity contribution in [2.24, 2.45) is 11.2 Å². The molecule has 0 aromatic rings. The molecule has 62 valence electrons. The Hall–Kier alpha value is 1.29. The number of nitrogens with two attached hydrogens (primary N) is 2. The van der Waals surface area contributed by atoms with E-state index in [2.05, 4.69) is 3.90 Å². The topological polar surface area (TPSA) is 58.5 Å². The van der Waals surface area contributed by atoms with Crippen LogP contribution < -0.4 is 11.2 Å². The first-order valence-electron chi connectivity index (χ1n) is 2.78. The van der Waals surface area contributed by atoms with E-state index in [1.807, 2.05) is 0 Å². The Morgan fingerprint density at radius 3 is 2.10 bits per heavy atom. The predicted molar refractivity (Wildman–Crippen MR) is 57.9 cm³/mol. The smallest absolute Gasteiger partial charge is 0.205 e. The number of hydrazine groups is 1. The van der Waals surface area contributed by atoms with Crippen molar-refractivity contribution in [2.75, 3.05) is 0 Å². The van der Waals surface area contributed by atoms with Gasteiger partial charge in [-0.25, -0.2) is 0 Å². The van der Waals surface area contributed by atoms with Gasteiger partial charge in [-0.05, 0) is 0 Å². The zero-order chi connectivity index (χ0) is 7.98. The maximum Gasteiger partial charge on any atom is 0.205 e. The van der Waals surface area contributed by atoms with Crippen LogP contribution >= 0.6 is 22.2 Å². The van der Waals surface area contributed by atoms with Crippen LogP contribution in [0.5, 0.6) is 0 Å². The molecule has 0 saturated heterocycles. The van der Waals surface area contributed by atoms with E-state index >= 15 is 0 Å². The second-order valence-electron chi connectivity index (χ2n) is 1.82. The van der Waals surface area contributed by atoms with Crippen molar-refractivity contribution in [1.82, 2.24) is 8.24 Å². The van der Waals surface area contributed by atoms with Crippen LogP contribution in [0.3, 0.4) is 0 Å². The molecule has 4 nitrogen and oxygen atoms in total. The summed E-state index contributed by atoms with van der Waals surface area (Å²) in [4.78, 5) is 0. The molecule has 10 heteroatoms. The fourth-order valence-electron chi connectivity index (χ4n) is 0.439. The van der Waals surface area contributed by atoms with E-state index in [4.69, 9.17) is 33.4 Å². The first-order chi connectivity index (χ1) is 4.74. The maximum atomic E-state index is 5.71. The van der Waals surface area contributed by atoms with Crippen molar-refractivity contribution in [3.63, 3.8) is 0 Å². The molecule has 0 radical (unpaired) electrons. The summed E-state index contributed by atoms with van der Waals surface area (Å²) in [7, 11) is -2.33. The van der Waals surface area contributed by atoms with E-state index < -0.39 is 37.7 Å². The predicted octanol–water partition coefficient (Wildman–Crippen LogP) is -4.10. The molecule has 0 aliphatic rings. The first-order valence-corrected chi connectivity index (χ1v) is 11.0. The van der Waals surface area contributed by atoms with Crippen molar-refractivity contribution in [3.05, 3.63) is 0 Å². The summed E-state index contributed by atoms with van der Waals surface area (Å²) in [5.74, 6) is 5.54. The summed E-state index contributed by atoms with van der Waals surface area (Å²) in [6.07, 6.45) is 0. The van der Waals surface area contributed by atoms with Crippen LogP contribution in [0.15, 0.2) is 0 Å². The Bertz CT molecular complexity index is 77.7. The Morgan fingerprint density at radius 2 is 1.80 bits per heavy atom. The third-order valence-electron chi connectivity index (χ3n) is 0.962. The normalized spacial score (nSPS) is 16.2. The van der Waals surface area contributed by atoms with Gasteiger partial charge in [0.15, 0.2) is 28.7 Å². The minimum Gasteiger partial charge on any atom is -0.346 e. The lowest BCUT2D eigenvalue weighted by Gasteiger charge is -2.21. The summed E-state index contributed by atoms with van der Waals surface area (Å²) in [5.41, 5.74) is 0. The minimum absolute atomic E-state index is 0.510. The maximum absolute atomic E-state index is 5.71. The molecule has 0 aromatic heterocycles. The average molecular weight is 251 g/mol. The lowest BCUT2D eigenvalue weighted by Crippen LogP contribution is -2.50. The third kappa shape index (κ3) is 5.01. The number of hydrogen-bond donors (Lipinski definition) is 2. The van der Waals surface area contributed by atoms with Gasteiger partial charge in [-0.3, -0.25) is 10.2 Å². The molecule has 4 N–H and O–H groups in total. The highest BCUT2D eigenvalue weighted by Crippen LogP contribution is 1.82. The molecule has 10 heavy (non-hydrogen) atoms. The first kappa shape index (κ1) is 11.3. The molecule has 0 bridgehead atoms. The van der Waals surface area contributed by atoms with Crippen LogP contribution in [0.1, 0.15) is 0 Å². The highest BCUT2D eigenvalue weighted by atomic mass is 35.6. The minimum atomic E-state index is -0.689. The Labute approximate surface area is 79.3 Å². The van der Waals surface area contributed by atoms with E-state index in [1.54, 1.807) is 4.34 Å². The quantitative estimate of drug-likeness (QED) is 0.226. The molecule has 0 fully saturated rings. The van der Waals surface area contributed by atoms with Gasteiger partial charge >= 0.3 is 0 Å². The standard InChI is InChI=1S/Cl2H12N4Si4/c1-7-5(3)10-6(8-2)9-4/h3-4,7-10H2. The van der Waals surface area contributed by atoms with Gasteiger partial charge in [-0.2, -0.15) is 22.2 Å². The summed E-state index contributed by atoms with van der Waals surface area (Å²) in [5, 5.41) is 5.53. The van der Waals surface area contributed by atoms with Crippen molar-refractivity contribution >= 4 is 59.8 Å². The molecule has 0 aliphatic carbocycles. The second-order valence-corrected chi connectivity index (χ2v) is 12.3. The van der Waals surface area contributed by atoms with Gasteiger partial charge in [-0.15, -0.1) is 0 Å². The van der Waals surface area contributed by atoms with Crippen LogP contribution in [0.4, 0.5) is 0 Å². The van der Waals surface area contributed by atoms with Gasteiger partial charge in [-0.1, -0.05) is 0 Å². The average Bonchev–Trinajstić information content (AvgIpc) is 1.99. The molecule has 0 heterocycles. The fraction of sp³-hybridized carbons (Fsp3) is 0. The number of rotatable bonds is 5. The zero-order valence-corrected chi connectivity index (χ0v) is 12.8. The van der Waals surface area contributed by atoms with Crippen molar-refractivity contribution in [3.8, 4) is 0 Å². The molecule has 0 saturated carbocycles. The molecule has 0 unspecified atom stereocenters. The lowest BCUT2D eigenvalue weighted by atomic mass is 12.9. The summed E-state index contributed by atoms with van der Waals surface area (Å²) in [6.45, 7) is 0. The van der Waals surface area contributed by atoms with E-state index in [-0.39, 0.29) is 0 Å². The van der Waals surface area contributed by atoms with Crippen LogP contribution in [0.2, 0.25) is 0 Å². The highest BCUT2D eigenvalue weighted by molar-refractivity contribution is 6.99. The van der Waals surface area contributed by atoms with Gasteiger partial charge in [0, 0.05) is 0 Å². The van der Waals surface area contributed by atoms with Gasteiger partial charge < -0.3 is 9.30 Å². The van der Waals surface area contributed by atoms with Gasteiger partial charge in [0.1, 0.15) is 0 Å². The van der Waals surface area contributed by atoms with Crippen LogP contribution in [-0.2, 0) is 0 Å². The van der Waals surface area contributed by atoms with E-state index in [9.17, 15) is 0 Å². The van der Waals surface area contributed by atoms with E-state index in [1.165, 1.54) is 0 Å². The number of halogens is 2. The van der Waals surface area contributed by atoms with Crippen molar-refractivity contribution < 1.29 is 0 Å². The number of hydrogen-bond acceptors (Lipinski definition) is 4. The van der Waals surface area contributed by atoms with Crippen LogP contribution in [0.25, 0.3) is 0 Å². The second kappa shape index (κ2) is 6.96. The van der Waals surface area contributed by atoms with Crippen molar-refractivity contribution in [1.29, 1.82) is 0 Å². The molecular weight excluding hydrogens is 239 g/mol. The fourth-order valence-corrected chi connectivity index (χ4v) is 8.74. The van der Waals surface area contributed by atoms with Crippen molar-refractivity contribution in [2.45, 2.75) is 0 Å². The molecule has 0 atom stereocenters. The van der Waals surface area contributed by atoms with Crippen LogP contribution in [0, 0.1) is 0 Å². The third-order valence-corrected chi connectivity index (χ3v) is 12.7. The molecule has 0 rings (SSSR count). The summed E-state index contributed by atoms with van der Waals surface area (Å²) < 4.78 is 3.95. The largest absolute Gasteiger partial charge is 0.346 e. The summed E-state index contributed by atoms with van der Waals surface area (Å²) >= 11 is 11.3. The van der Waals surface area contributed by atoms with Gasteiger partial charge in [0.05, 0.1) is 0 Å². The molecule has 0 spiro atoms. The van der Waals surface area contributed by atoms with Gasteiger partial charge in [0.25, 0.3) is 0 Å². The Balaban J connectivity index is 3.41. The zero-order valence-electron chi connectivity index (χ0n) is 5.63. The molecule has 0 aromatic carbocycles. The molecular formula is H12Cl2N4Si4. The van der Waals surface area contributed by atoms with E-state index in [0.717, 1.165) is 0 Å². The molecule has 0 aliphatic heterocycles. The highest BCUT2D eigenvalue weighted by Gasteiger charge is 2.05. The summed E-state index contributed by atoms with van der Waals surface area (Å²) in [6, 6.07) is 0. The SMILES string of the molecule is N[SiH2]N([SiH2]Cl)[SiH2]N(N)[SiH2]Cl. The van der Waals surface area contributed by atoms with E-state index in [0.29, 0.717) is 0 Å². The Kier molecular flexibility index (Phi) is 7.86. The monoisotopic (exact) mass is 250 g/mol. The Morgan fingerprint density at radius 1 is 1.20 bits per heavy atom. The number of nitrogens with zero attached hydrogens (tertiary/aromatic N) is 2. The van der Waals surface area contributed by atoms with Gasteiger partial charge in [0.2, 0.25) is 8.99 Å². The van der Waals surface area contributed by atoms with Crippen LogP contribution in [-0.4, -0.2) is 45.9 Å².